The van der Waals surface area contributed by atoms with E-state index in [1.807, 2.05) is 4.90 Å². The lowest BCUT2D eigenvalue weighted by Crippen LogP contribution is -2.53. The molecule has 1 saturated carbocycles. The van der Waals surface area contributed by atoms with Gasteiger partial charge in [0, 0.05) is 41.8 Å². The first-order valence-corrected chi connectivity index (χ1v) is 10.6. The second kappa shape index (κ2) is 8.83. The average molecular weight is 424 g/mol. The maximum atomic E-state index is 13.2. The highest BCUT2D eigenvalue weighted by molar-refractivity contribution is 6.69. The van der Waals surface area contributed by atoms with Gasteiger partial charge in [0.1, 0.15) is 11.5 Å². The number of nitrogens with one attached hydrogen (secondary N) is 2. The molecular formula is C21H27Cl2N3O2. The van der Waals surface area contributed by atoms with Crippen molar-refractivity contribution in [2.24, 2.45) is 17.8 Å². The number of benzene rings is 1. The number of rotatable bonds is 5. The van der Waals surface area contributed by atoms with Crippen LogP contribution in [0, 0.1) is 23.2 Å². The zero-order valence-corrected chi connectivity index (χ0v) is 17.8. The quantitative estimate of drug-likeness (QED) is 0.546. The van der Waals surface area contributed by atoms with E-state index < -0.39 is 0 Å². The fraction of sp³-hybridized carbons (Fsp3) is 0.571. The number of nitrogens with zero attached hydrogens (tertiary/aromatic N) is 1. The van der Waals surface area contributed by atoms with Crippen molar-refractivity contribution in [2.45, 2.75) is 45.1 Å². The Balaban J connectivity index is 1.83. The molecule has 0 spiro atoms. The van der Waals surface area contributed by atoms with Gasteiger partial charge in [-0.15, -0.1) is 0 Å². The molecule has 0 aromatic heterocycles. The number of hydrogen-bond acceptors (Lipinski definition) is 4. The summed E-state index contributed by atoms with van der Waals surface area (Å²) in [4.78, 5) is 26.6. The molecule has 7 heteroatoms. The lowest BCUT2D eigenvalue weighted by molar-refractivity contribution is -0.138. The van der Waals surface area contributed by atoms with E-state index in [0.717, 1.165) is 32.0 Å². The molecule has 5 nitrogen and oxygen atoms in total. The number of piperidine rings is 1. The number of hydrogen-bond donors (Lipinski definition) is 2. The Bertz CT molecular complexity index is 783. The van der Waals surface area contributed by atoms with E-state index in [1.54, 1.807) is 19.2 Å². The highest BCUT2D eigenvalue weighted by Gasteiger charge is 2.42. The zero-order valence-electron chi connectivity index (χ0n) is 16.3. The first kappa shape index (κ1) is 21.1. The molecule has 1 saturated heterocycles. The summed E-state index contributed by atoms with van der Waals surface area (Å²) in [6, 6.07) is 3.59. The van der Waals surface area contributed by atoms with Crippen LogP contribution < -0.4 is 5.32 Å². The predicted molar refractivity (Wildman–Crippen MR) is 114 cm³/mol. The third-order valence-electron chi connectivity index (χ3n) is 6.56. The van der Waals surface area contributed by atoms with Crippen molar-refractivity contribution in [3.05, 3.63) is 28.3 Å². The van der Waals surface area contributed by atoms with Gasteiger partial charge in [0.25, 0.3) is 0 Å². The summed E-state index contributed by atoms with van der Waals surface area (Å²) in [5.41, 5.74) is 1.74. The topological polar surface area (TPSA) is 73.3 Å². The fourth-order valence-electron chi connectivity index (χ4n) is 5.11. The summed E-state index contributed by atoms with van der Waals surface area (Å²) in [5, 5.41) is 11.2. The minimum Gasteiger partial charge on any atom is -0.388 e. The summed E-state index contributed by atoms with van der Waals surface area (Å²) >= 11 is 12.4. The second-order valence-corrected chi connectivity index (χ2v) is 8.65. The summed E-state index contributed by atoms with van der Waals surface area (Å²) in [7, 11) is 1.75. The third kappa shape index (κ3) is 3.92. The van der Waals surface area contributed by atoms with Crippen molar-refractivity contribution in [3.8, 4) is 0 Å². The van der Waals surface area contributed by atoms with Crippen molar-refractivity contribution < 1.29 is 9.59 Å². The predicted octanol–water partition coefficient (Wildman–Crippen LogP) is 4.34. The Morgan fingerprint density at radius 3 is 2.71 bits per heavy atom. The molecule has 2 aliphatic rings. The largest absolute Gasteiger partial charge is 0.388 e. The molecule has 0 radical (unpaired) electrons. The van der Waals surface area contributed by atoms with Gasteiger partial charge in [0.05, 0.1) is 6.42 Å². The summed E-state index contributed by atoms with van der Waals surface area (Å²) in [6.07, 6.45) is 5.17. The Morgan fingerprint density at radius 1 is 1.32 bits per heavy atom. The van der Waals surface area contributed by atoms with E-state index >= 15 is 0 Å². The Hall–Kier alpha value is -1.59. The molecule has 1 amide bonds. The van der Waals surface area contributed by atoms with E-state index in [2.05, 4.69) is 12.2 Å². The van der Waals surface area contributed by atoms with Crippen LogP contribution in [0.25, 0.3) is 0 Å². The van der Waals surface area contributed by atoms with Crippen LogP contribution in [0.15, 0.2) is 12.1 Å². The van der Waals surface area contributed by atoms with Crippen LogP contribution in [0.3, 0.4) is 0 Å². The number of anilines is 1. The van der Waals surface area contributed by atoms with Crippen LogP contribution in [-0.2, 0) is 16.0 Å². The zero-order chi connectivity index (χ0) is 20.4. The van der Waals surface area contributed by atoms with Gasteiger partial charge in [-0.25, -0.2) is 0 Å². The first-order valence-electron chi connectivity index (χ1n) is 9.87. The summed E-state index contributed by atoms with van der Waals surface area (Å²) in [5.74, 6) is 0.872. The maximum absolute atomic E-state index is 13.2. The molecule has 2 N–H and O–H groups in total. The molecule has 28 heavy (non-hydrogen) atoms. The van der Waals surface area contributed by atoms with Gasteiger partial charge < -0.3 is 15.0 Å². The van der Waals surface area contributed by atoms with E-state index in [-0.39, 0.29) is 29.5 Å². The van der Waals surface area contributed by atoms with E-state index in [0.29, 0.717) is 40.2 Å². The van der Waals surface area contributed by atoms with Gasteiger partial charge in [-0.2, -0.15) is 0 Å². The number of carbonyl (C=O) groups excluding carboxylic acids is 2. The Kier molecular flexibility index (Phi) is 6.66. The molecule has 0 bridgehead atoms. The van der Waals surface area contributed by atoms with Crippen molar-refractivity contribution in [1.82, 2.24) is 4.90 Å². The van der Waals surface area contributed by atoms with E-state index in [9.17, 15) is 9.59 Å². The van der Waals surface area contributed by atoms with Gasteiger partial charge in [-0.1, -0.05) is 29.6 Å². The van der Waals surface area contributed by atoms with Crippen LogP contribution in [0.5, 0.6) is 0 Å². The molecule has 0 unspecified atom stereocenters. The molecule has 1 aromatic rings. The molecular weight excluding hydrogens is 397 g/mol. The normalized spacial score (nSPS) is 27.1. The van der Waals surface area contributed by atoms with Crippen molar-refractivity contribution in [1.29, 1.82) is 5.41 Å². The summed E-state index contributed by atoms with van der Waals surface area (Å²) in [6.45, 7) is 2.75. The molecule has 1 heterocycles. The standard InChI is InChI=1S/C21H27Cl2N3O2/c1-12-14-5-3-4-13(11-27)15(14)8-9-26(12)19(28)10-16-17(22)6-7-18(25-2)20(16)21(23)24/h6-7,11-15,24-25H,3-5,8-10H2,1-2H3/t12-,13-,14+,15-/m0/s1. The number of amides is 1. The number of halogens is 2. The molecule has 1 aliphatic heterocycles. The van der Waals surface area contributed by atoms with Crippen LogP contribution in [0.2, 0.25) is 5.02 Å². The molecule has 3 rings (SSSR count). The number of likely N-dealkylation sites (tertiary alicyclic amines) is 1. The van der Waals surface area contributed by atoms with E-state index in [4.69, 9.17) is 28.6 Å². The number of fused-ring (bicyclic) bond motifs is 1. The van der Waals surface area contributed by atoms with Crippen LogP contribution in [-0.4, -0.2) is 41.9 Å². The molecule has 2 fully saturated rings. The fourth-order valence-corrected chi connectivity index (χ4v) is 5.55. The molecule has 4 atom stereocenters. The Labute approximate surface area is 176 Å². The van der Waals surface area contributed by atoms with Crippen molar-refractivity contribution in [3.63, 3.8) is 0 Å². The maximum Gasteiger partial charge on any atom is 0.227 e. The van der Waals surface area contributed by atoms with Gasteiger partial charge in [-0.3, -0.25) is 10.2 Å². The highest BCUT2D eigenvalue weighted by Crippen LogP contribution is 2.42. The van der Waals surface area contributed by atoms with Crippen LogP contribution in [0.1, 0.15) is 43.7 Å². The van der Waals surface area contributed by atoms with Gasteiger partial charge in [0.2, 0.25) is 5.91 Å². The third-order valence-corrected chi connectivity index (χ3v) is 7.10. The highest BCUT2D eigenvalue weighted by atomic mass is 35.5. The minimum absolute atomic E-state index is 0.00602. The molecule has 1 aliphatic carbocycles. The average Bonchev–Trinajstić information content (AvgIpc) is 2.68. The number of carbonyl (C=O) groups is 2. The van der Waals surface area contributed by atoms with Gasteiger partial charge >= 0.3 is 0 Å². The minimum atomic E-state index is -0.137. The first-order chi connectivity index (χ1) is 13.4. The molecule has 1 aromatic carbocycles. The monoisotopic (exact) mass is 423 g/mol. The molecule has 152 valence electrons. The Morgan fingerprint density at radius 2 is 2.07 bits per heavy atom. The van der Waals surface area contributed by atoms with Gasteiger partial charge in [0.15, 0.2) is 0 Å². The SMILES string of the molecule is CNc1ccc(Cl)c(CC(=O)N2CC[C@@H]3[C@H](CCC[C@H]3C=O)[C@@H]2C)c1C(=N)Cl. The van der Waals surface area contributed by atoms with Gasteiger partial charge in [-0.05, 0) is 55.7 Å². The number of aldehydes is 1. The van der Waals surface area contributed by atoms with E-state index in [1.165, 1.54) is 0 Å². The smallest absolute Gasteiger partial charge is 0.227 e. The lowest BCUT2D eigenvalue weighted by atomic mass is 9.66. The van der Waals surface area contributed by atoms with Crippen LogP contribution >= 0.6 is 23.2 Å². The van der Waals surface area contributed by atoms with Crippen molar-refractivity contribution >= 4 is 46.3 Å². The lowest BCUT2D eigenvalue weighted by Gasteiger charge is -2.48. The van der Waals surface area contributed by atoms with Crippen LogP contribution in [0.4, 0.5) is 5.69 Å². The van der Waals surface area contributed by atoms with Crippen molar-refractivity contribution in [2.75, 3.05) is 18.9 Å². The summed E-state index contributed by atoms with van der Waals surface area (Å²) < 4.78 is 0. The second-order valence-electron chi connectivity index (χ2n) is 7.86.